The second-order valence-corrected chi connectivity index (χ2v) is 8.47. The number of aromatic nitrogens is 3. The second-order valence-electron chi connectivity index (χ2n) is 7.46. The average molecular weight is 422 g/mol. The Bertz CT molecular complexity index is 963. The van der Waals surface area contributed by atoms with Gasteiger partial charge in [0, 0.05) is 25.3 Å². The highest BCUT2D eigenvalue weighted by atomic mass is 35.5. The number of benzene rings is 1. The summed E-state index contributed by atoms with van der Waals surface area (Å²) < 4.78 is 2.92. The van der Waals surface area contributed by atoms with Crippen molar-refractivity contribution in [1.29, 1.82) is 0 Å². The molecule has 0 unspecified atom stereocenters. The quantitative estimate of drug-likeness (QED) is 0.594. The number of hydrogen-bond donors (Lipinski definition) is 0. The van der Waals surface area contributed by atoms with Crippen molar-refractivity contribution in [3.63, 3.8) is 0 Å². The molecule has 0 saturated carbocycles. The fourth-order valence-electron chi connectivity index (χ4n) is 2.94. The summed E-state index contributed by atoms with van der Waals surface area (Å²) in [5.74, 6) is -0.107. The number of carbonyl (C=O) groups excluding carboxylic acids is 1. The normalized spacial score (nSPS) is 11.3. The number of thiazole rings is 1. The van der Waals surface area contributed by atoms with E-state index in [1.165, 1.54) is 5.56 Å². The van der Waals surface area contributed by atoms with Crippen LogP contribution in [0.25, 0.3) is 10.2 Å². The predicted molar refractivity (Wildman–Crippen MR) is 119 cm³/mol. The van der Waals surface area contributed by atoms with Gasteiger partial charge in [-0.3, -0.25) is 14.4 Å². The van der Waals surface area contributed by atoms with E-state index in [0.29, 0.717) is 12.2 Å². The van der Waals surface area contributed by atoms with Crippen LogP contribution in [0.4, 0.5) is 5.13 Å². The molecule has 0 N–H and O–H groups in total. The second kappa shape index (κ2) is 9.03. The minimum absolute atomic E-state index is 0. The first-order valence-electron chi connectivity index (χ1n) is 9.16. The third-order valence-electron chi connectivity index (χ3n) is 4.42. The zero-order valence-electron chi connectivity index (χ0n) is 17.3. The number of likely N-dealkylation sites (N-methyl/N-ethyl adjacent to an activating group) is 1. The summed E-state index contributed by atoms with van der Waals surface area (Å²) in [4.78, 5) is 21.8. The summed E-state index contributed by atoms with van der Waals surface area (Å²) in [6.07, 6.45) is 1.86. The van der Waals surface area contributed by atoms with Crippen LogP contribution >= 0.6 is 23.7 Å². The van der Waals surface area contributed by atoms with Crippen molar-refractivity contribution in [2.45, 2.75) is 33.7 Å². The van der Waals surface area contributed by atoms with Gasteiger partial charge in [0.25, 0.3) is 5.91 Å². The van der Waals surface area contributed by atoms with Gasteiger partial charge in [-0.25, -0.2) is 4.98 Å². The smallest absolute Gasteiger partial charge is 0.280 e. The Kier molecular flexibility index (Phi) is 7.20. The van der Waals surface area contributed by atoms with Crippen molar-refractivity contribution in [1.82, 2.24) is 19.7 Å². The number of anilines is 1. The van der Waals surface area contributed by atoms with E-state index in [1.54, 1.807) is 22.3 Å². The monoisotopic (exact) mass is 421 g/mol. The molecule has 0 fully saturated rings. The zero-order valence-corrected chi connectivity index (χ0v) is 18.9. The van der Waals surface area contributed by atoms with Crippen LogP contribution < -0.4 is 4.90 Å². The summed E-state index contributed by atoms with van der Waals surface area (Å²) in [5.41, 5.74) is 3.76. The van der Waals surface area contributed by atoms with E-state index in [4.69, 9.17) is 4.98 Å². The lowest BCUT2D eigenvalue weighted by Crippen LogP contribution is -2.37. The molecular formula is C20H28ClN5OS. The van der Waals surface area contributed by atoms with E-state index in [1.807, 2.05) is 38.8 Å². The van der Waals surface area contributed by atoms with Crippen LogP contribution in [0.2, 0.25) is 0 Å². The lowest BCUT2D eigenvalue weighted by atomic mass is 10.1. The Morgan fingerprint density at radius 2 is 1.93 bits per heavy atom. The lowest BCUT2D eigenvalue weighted by molar-refractivity contribution is 0.0979. The first-order chi connectivity index (χ1) is 12.8. The molecular weight excluding hydrogens is 394 g/mol. The fraction of sp³-hybridized carbons (Fsp3) is 0.450. The van der Waals surface area contributed by atoms with Gasteiger partial charge in [0.05, 0.1) is 10.2 Å². The molecule has 0 bridgehead atoms. The number of amides is 1. The van der Waals surface area contributed by atoms with Crippen LogP contribution in [0.1, 0.15) is 41.5 Å². The van der Waals surface area contributed by atoms with E-state index in [9.17, 15) is 4.79 Å². The van der Waals surface area contributed by atoms with E-state index in [0.717, 1.165) is 27.5 Å². The topological polar surface area (TPSA) is 54.3 Å². The van der Waals surface area contributed by atoms with Crippen LogP contribution in [0.5, 0.6) is 0 Å². The first-order valence-corrected chi connectivity index (χ1v) is 9.97. The Balaban J connectivity index is 0.00000280. The third kappa shape index (κ3) is 4.71. The van der Waals surface area contributed by atoms with Crippen molar-refractivity contribution in [3.05, 3.63) is 41.2 Å². The van der Waals surface area contributed by atoms with Gasteiger partial charge in [-0.2, -0.15) is 5.10 Å². The Hall–Kier alpha value is -1.96. The van der Waals surface area contributed by atoms with Crippen molar-refractivity contribution in [2.24, 2.45) is 0 Å². The largest absolute Gasteiger partial charge is 0.308 e. The highest BCUT2D eigenvalue weighted by Crippen LogP contribution is 2.32. The molecule has 8 heteroatoms. The minimum atomic E-state index is -0.107. The molecule has 28 heavy (non-hydrogen) atoms. The van der Waals surface area contributed by atoms with Gasteiger partial charge in [0.1, 0.15) is 0 Å². The average Bonchev–Trinajstić information content (AvgIpc) is 3.21. The molecule has 2 heterocycles. The van der Waals surface area contributed by atoms with Gasteiger partial charge in [0.15, 0.2) is 10.8 Å². The fourth-order valence-corrected chi connectivity index (χ4v) is 4.10. The Labute approximate surface area is 176 Å². The number of halogens is 1. The van der Waals surface area contributed by atoms with Gasteiger partial charge in [-0.05, 0) is 65.0 Å². The molecule has 0 radical (unpaired) electrons. The number of nitrogens with zero attached hydrogens (tertiary/aromatic N) is 5. The van der Waals surface area contributed by atoms with Crippen LogP contribution in [-0.4, -0.2) is 52.8 Å². The van der Waals surface area contributed by atoms with E-state index in [-0.39, 0.29) is 24.4 Å². The van der Waals surface area contributed by atoms with Crippen molar-refractivity contribution in [2.75, 3.05) is 32.1 Å². The standard InChI is InChI=1S/C20H27N5OS.ClH/c1-13(2)25-8-7-16(22-25)19(26)24(10-9-23(5)6)20-21-18-15(4)11-14(3)12-17(18)27-20;/h7-8,11-13H,9-10H2,1-6H3;1H. The summed E-state index contributed by atoms with van der Waals surface area (Å²) in [5, 5.41) is 5.18. The van der Waals surface area contributed by atoms with Crippen LogP contribution in [0.3, 0.4) is 0 Å². The highest BCUT2D eigenvalue weighted by molar-refractivity contribution is 7.22. The van der Waals surface area contributed by atoms with Gasteiger partial charge < -0.3 is 4.90 Å². The molecule has 0 spiro atoms. The molecule has 152 valence electrons. The maximum atomic E-state index is 13.2. The SMILES string of the molecule is Cc1cc(C)c2nc(N(CCN(C)C)C(=O)c3ccn(C(C)C)n3)sc2c1.Cl. The van der Waals surface area contributed by atoms with Crippen LogP contribution in [-0.2, 0) is 0 Å². The van der Waals surface area contributed by atoms with Gasteiger partial charge in [0.2, 0.25) is 0 Å². The number of fused-ring (bicyclic) bond motifs is 1. The van der Waals surface area contributed by atoms with Gasteiger partial charge in [-0.15, -0.1) is 12.4 Å². The molecule has 0 saturated heterocycles. The van der Waals surface area contributed by atoms with Crippen LogP contribution in [0.15, 0.2) is 24.4 Å². The third-order valence-corrected chi connectivity index (χ3v) is 5.45. The van der Waals surface area contributed by atoms with Crippen molar-refractivity contribution < 1.29 is 4.79 Å². The molecule has 1 aromatic carbocycles. The molecule has 0 atom stereocenters. The van der Waals surface area contributed by atoms with Gasteiger partial charge >= 0.3 is 0 Å². The van der Waals surface area contributed by atoms with E-state index in [2.05, 4.69) is 36.0 Å². The first kappa shape index (κ1) is 22.3. The summed E-state index contributed by atoms with van der Waals surface area (Å²) in [6.45, 7) is 9.56. The number of rotatable bonds is 6. The summed E-state index contributed by atoms with van der Waals surface area (Å²) in [7, 11) is 4.00. The highest BCUT2D eigenvalue weighted by Gasteiger charge is 2.24. The zero-order chi connectivity index (χ0) is 19.7. The Morgan fingerprint density at radius 1 is 1.21 bits per heavy atom. The number of aryl methyl sites for hydroxylation is 2. The predicted octanol–water partition coefficient (Wildman–Crippen LogP) is 4.32. The van der Waals surface area contributed by atoms with E-state index < -0.39 is 0 Å². The van der Waals surface area contributed by atoms with Crippen LogP contribution in [0, 0.1) is 13.8 Å². The maximum absolute atomic E-state index is 13.2. The molecule has 1 amide bonds. The summed E-state index contributed by atoms with van der Waals surface area (Å²) >= 11 is 1.56. The molecule has 3 rings (SSSR count). The molecule has 0 aliphatic carbocycles. The lowest BCUT2D eigenvalue weighted by Gasteiger charge is -2.21. The molecule has 0 aliphatic rings. The van der Waals surface area contributed by atoms with Crippen molar-refractivity contribution in [3.8, 4) is 0 Å². The summed E-state index contributed by atoms with van der Waals surface area (Å²) in [6, 6.07) is 6.26. The molecule has 2 aromatic heterocycles. The molecule has 0 aliphatic heterocycles. The molecule has 6 nitrogen and oxygen atoms in total. The molecule has 3 aromatic rings. The van der Waals surface area contributed by atoms with Crippen molar-refractivity contribution >= 4 is 45.0 Å². The maximum Gasteiger partial charge on any atom is 0.280 e. The number of hydrogen-bond acceptors (Lipinski definition) is 5. The Morgan fingerprint density at radius 3 is 2.54 bits per heavy atom. The van der Waals surface area contributed by atoms with Gasteiger partial charge in [-0.1, -0.05) is 17.4 Å². The minimum Gasteiger partial charge on any atom is -0.308 e. The number of carbonyl (C=O) groups is 1. The van der Waals surface area contributed by atoms with E-state index >= 15 is 0 Å².